The van der Waals surface area contributed by atoms with Crippen LogP contribution in [0.2, 0.25) is 10.0 Å². The van der Waals surface area contributed by atoms with Gasteiger partial charge in [-0.05, 0) is 25.2 Å². The second kappa shape index (κ2) is 7.48. The molecule has 1 N–H and O–H groups in total. The van der Waals surface area contributed by atoms with Crippen LogP contribution in [0.25, 0.3) is 0 Å². The van der Waals surface area contributed by atoms with Gasteiger partial charge in [-0.2, -0.15) is 0 Å². The molecule has 4 nitrogen and oxygen atoms in total. The third kappa shape index (κ3) is 4.79. The fraction of sp³-hybridized carbons (Fsp3) is 0.571. The fourth-order valence-electron chi connectivity index (χ4n) is 2.16. The molecule has 1 aromatic rings. The highest BCUT2D eigenvalue weighted by Crippen LogP contribution is 2.27. The number of benzene rings is 1. The summed E-state index contributed by atoms with van der Waals surface area (Å²) in [4.78, 5) is 4.53. The molecular weight excluding hydrogens is 299 g/mol. The van der Waals surface area contributed by atoms with Gasteiger partial charge >= 0.3 is 0 Å². The van der Waals surface area contributed by atoms with Gasteiger partial charge in [0.2, 0.25) is 0 Å². The summed E-state index contributed by atoms with van der Waals surface area (Å²) in [6, 6.07) is 5.06. The van der Waals surface area contributed by atoms with E-state index in [1.54, 1.807) is 18.2 Å². The quantitative estimate of drug-likeness (QED) is 0.900. The average molecular weight is 319 g/mol. The largest absolute Gasteiger partial charge is 0.489 e. The molecule has 0 radical (unpaired) electrons. The minimum atomic E-state index is -0.523. The molecule has 0 unspecified atom stereocenters. The highest BCUT2D eigenvalue weighted by atomic mass is 35.5. The molecule has 0 bridgehead atoms. The van der Waals surface area contributed by atoms with Crippen LogP contribution in [0.15, 0.2) is 18.2 Å². The van der Waals surface area contributed by atoms with Crippen molar-refractivity contribution in [3.63, 3.8) is 0 Å². The van der Waals surface area contributed by atoms with Crippen molar-refractivity contribution in [3.8, 4) is 5.75 Å². The van der Waals surface area contributed by atoms with E-state index in [2.05, 4.69) is 16.8 Å². The molecule has 0 spiro atoms. The lowest BCUT2D eigenvalue weighted by atomic mass is 10.3. The summed E-state index contributed by atoms with van der Waals surface area (Å²) in [6.07, 6.45) is -0.523. The van der Waals surface area contributed by atoms with Crippen molar-refractivity contribution in [1.29, 1.82) is 0 Å². The molecule has 0 saturated carbocycles. The molecule has 1 fully saturated rings. The van der Waals surface area contributed by atoms with Crippen molar-refractivity contribution in [3.05, 3.63) is 28.2 Å². The van der Waals surface area contributed by atoms with Gasteiger partial charge in [0, 0.05) is 37.7 Å². The lowest BCUT2D eigenvalue weighted by Gasteiger charge is -2.33. The van der Waals surface area contributed by atoms with Crippen LogP contribution < -0.4 is 4.74 Å². The Hall–Kier alpha value is -0.520. The highest BCUT2D eigenvalue weighted by molar-refractivity contribution is 6.35. The van der Waals surface area contributed by atoms with Crippen molar-refractivity contribution >= 4 is 23.2 Å². The first-order chi connectivity index (χ1) is 9.54. The first kappa shape index (κ1) is 15.9. The van der Waals surface area contributed by atoms with Gasteiger partial charge in [-0.25, -0.2) is 0 Å². The van der Waals surface area contributed by atoms with E-state index >= 15 is 0 Å². The van der Waals surface area contributed by atoms with Crippen LogP contribution in [0, 0.1) is 0 Å². The predicted octanol–water partition coefficient (Wildman–Crippen LogP) is 1.98. The second-order valence-corrected chi connectivity index (χ2v) is 5.99. The summed E-state index contributed by atoms with van der Waals surface area (Å²) in [7, 11) is 2.11. The molecule has 112 valence electrons. The standard InChI is InChI=1S/C14H20Cl2N2O2/c1-17-4-6-18(7-5-17)9-12(19)10-20-14-3-2-11(15)8-13(14)16/h2-3,8,12,19H,4-7,9-10H2,1H3/t12-/m1/s1. The molecular formula is C14H20Cl2N2O2. The molecule has 1 aliphatic heterocycles. The number of hydrogen-bond acceptors (Lipinski definition) is 4. The molecule has 1 heterocycles. The lowest BCUT2D eigenvalue weighted by Crippen LogP contribution is -2.47. The molecule has 1 saturated heterocycles. The first-order valence-corrected chi connectivity index (χ1v) is 7.47. The predicted molar refractivity (Wildman–Crippen MR) is 81.9 cm³/mol. The molecule has 1 aromatic carbocycles. The maximum absolute atomic E-state index is 10.0. The Kier molecular flexibility index (Phi) is 5.93. The summed E-state index contributed by atoms with van der Waals surface area (Å²) in [5.74, 6) is 0.550. The monoisotopic (exact) mass is 318 g/mol. The van der Waals surface area contributed by atoms with E-state index in [1.807, 2.05) is 0 Å². The van der Waals surface area contributed by atoms with Crippen molar-refractivity contribution in [2.75, 3.05) is 46.4 Å². The molecule has 0 aliphatic carbocycles. The number of β-amino-alcohol motifs (C(OH)–C–C–N with tert-alkyl or cyclic N) is 1. The van der Waals surface area contributed by atoms with Crippen LogP contribution in [0.5, 0.6) is 5.75 Å². The summed E-state index contributed by atoms with van der Waals surface area (Å²) in [6.45, 7) is 4.89. The average Bonchev–Trinajstić information content (AvgIpc) is 2.40. The lowest BCUT2D eigenvalue weighted by molar-refractivity contribution is 0.0505. The van der Waals surface area contributed by atoms with Crippen LogP contribution in [-0.2, 0) is 0 Å². The number of rotatable bonds is 5. The Bertz CT molecular complexity index is 437. The van der Waals surface area contributed by atoms with E-state index in [0.717, 1.165) is 26.2 Å². The number of aliphatic hydroxyl groups excluding tert-OH is 1. The zero-order chi connectivity index (χ0) is 14.5. The van der Waals surface area contributed by atoms with Gasteiger partial charge in [-0.15, -0.1) is 0 Å². The minimum absolute atomic E-state index is 0.230. The number of hydrogen-bond donors (Lipinski definition) is 1. The van der Waals surface area contributed by atoms with Gasteiger partial charge in [0.15, 0.2) is 0 Å². The number of likely N-dealkylation sites (N-methyl/N-ethyl adjacent to an activating group) is 1. The topological polar surface area (TPSA) is 35.9 Å². The van der Waals surface area contributed by atoms with E-state index in [-0.39, 0.29) is 6.61 Å². The van der Waals surface area contributed by atoms with Crippen LogP contribution in [0.3, 0.4) is 0 Å². The van der Waals surface area contributed by atoms with Gasteiger partial charge in [0.05, 0.1) is 5.02 Å². The summed E-state index contributed by atoms with van der Waals surface area (Å²) < 4.78 is 5.54. The van der Waals surface area contributed by atoms with E-state index in [4.69, 9.17) is 27.9 Å². The van der Waals surface area contributed by atoms with Gasteiger partial charge in [-0.3, -0.25) is 4.90 Å². The Morgan fingerprint density at radius 3 is 2.60 bits per heavy atom. The number of ether oxygens (including phenoxy) is 1. The Labute approximate surface area is 129 Å². The van der Waals surface area contributed by atoms with E-state index in [0.29, 0.717) is 22.3 Å². The molecule has 20 heavy (non-hydrogen) atoms. The van der Waals surface area contributed by atoms with Crippen molar-refractivity contribution < 1.29 is 9.84 Å². The molecule has 1 atom stereocenters. The van der Waals surface area contributed by atoms with Crippen LogP contribution >= 0.6 is 23.2 Å². The molecule has 6 heteroatoms. The maximum Gasteiger partial charge on any atom is 0.138 e. The number of aliphatic hydroxyl groups is 1. The zero-order valence-corrected chi connectivity index (χ0v) is 13.1. The van der Waals surface area contributed by atoms with Crippen LogP contribution in [0.1, 0.15) is 0 Å². The number of piperazine rings is 1. The molecule has 1 aliphatic rings. The van der Waals surface area contributed by atoms with Gasteiger partial charge < -0.3 is 14.7 Å². The van der Waals surface area contributed by atoms with Crippen molar-refractivity contribution in [1.82, 2.24) is 9.80 Å². The third-order valence-electron chi connectivity index (χ3n) is 3.39. The minimum Gasteiger partial charge on any atom is -0.489 e. The Morgan fingerprint density at radius 1 is 1.25 bits per heavy atom. The van der Waals surface area contributed by atoms with Gasteiger partial charge in [0.25, 0.3) is 0 Å². The SMILES string of the molecule is CN1CCN(C[C@@H](O)COc2ccc(Cl)cc2Cl)CC1. The molecule has 0 aromatic heterocycles. The van der Waals surface area contributed by atoms with E-state index < -0.39 is 6.10 Å². The molecule has 0 amide bonds. The maximum atomic E-state index is 10.0. The van der Waals surface area contributed by atoms with Gasteiger partial charge in [-0.1, -0.05) is 23.2 Å². The Morgan fingerprint density at radius 2 is 1.95 bits per heavy atom. The first-order valence-electron chi connectivity index (χ1n) is 6.71. The van der Waals surface area contributed by atoms with Crippen LogP contribution in [0.4, 0.5) is 0 Å². The van der Waals surface area contributed by atoms with E-state index in [1.165, 1.54) is 0 Å². The number of nitrogens with zero attached hydrogens (tertiary/aromatic N) is 2. The summed E-state index contributed by atoms with van der Waals surface area (Å²) in [5.41, 5.74) is 0. The normalized spacial score (nSPS) is 19.0. The van der Waals surface area contributed by atoms with Crippen molar-refractivity contribution in [2.45, 2.75) is 6.10 Å². The number of halogens is 2. The smallest absolute Gasteiger partial charge is 0.138 e. The zero-order valence-electron chi connectivity index (χ0n) is 11.6. The summed E-state index contributed by atoms with van der Waals surface area (Å²) in [5, 5.41) is 11.1. The second-order valence-electron chi connectivity index (χ2n) is 5.14. The fourth-order valence-corrected chi connectivity index (χ4v) is 2.62. The highest BCUT2D eigenvalue weighted by Gasteiger charge is 2.17. The molecule has 2 rings (SSSR count). The van der Waals surface area contributed by atoms with Crippen LogP contribution in [-0.4, -0.2) is 67.4 Å². The Balaban J connectivity index is 1.76. The summed E-state index contributed by atoms with van der Waals surface area (Å²) >= 11 is 11.8. The van der Waals surface area contributed by atoms with E-state index in [9.17, 15) is 5.11 Å². The third-order valence-corrected chi connectivity index (χ3v) is 3.92. The van der Waals surface area contributed by atoms with Crippen molar-refractivity contribution in [2.24, 2.45) is 0 Å². The van der Waals surface area contributed by atoms with Gasteiger partial charge in [0.1, 0.15) is 18.5 Å².